The first-order valence-electron chi connectivity index (χ1n) is 6.99. The number of ether oxygens (including phenoxy) is 1. The summed E-state index contributed by atoms with van der Waals surface area (Å²) < 4.78 is 5.54. The Bertz CT molecular complexity index is 424. The number of rotatable bonds is 6. The monoisotopic (exact) mass is 278 g/mol. The summed E-state index contributed by atoms with van der Waals surface area (Å²) in [7, 11) is 0. The molecule has 0 spiro atoms. The first-order chi connectivity index (χ1) is 9.66. The number of hydrogen-bond acceptors (Lipinski definition) is 4. The maximum atomic E-state index is 11.9. The molecule has 0 saturated carbocycles. The van der Waals surface area contributed by atoms with Crippen LogP contribution in [-0.4, -0.2) is 42.9 Å². The highest BCUT2D eigenvalue weighted by molar-refractivity contribution is 5.80. The Labute approximate surface area is 119 Å². The maximum Gasteiger partial charge on any atom is 0.248 e. The number of amides is 1. The molecule has 1 aliphatic heterocycles. The lowest BCUT2D eigenvalue weighted by molar-refractivity contribution is -0.132. The van der Waals surface area contributed by atoms with Gasteiger partial charge in [0.15, 0.2) is 0 Å². The Morgan fingerprint density at radius 1 is 1.45 bits per heavy atom. The molecule has 1 amide bonds. The van der Waals surface area contributed by atoms with Crippen LogP contribution in [0.15, 0.2) is 30.3 Å². The minimum atomic E-state index is -0.498. The van der Waals surface area contributed by atoms with Gasteiger partial charge in [0.2, 0.25) is 5.91 Å². The molecule has 5 nitrogen and oxygen atoms in total. The molecule has 0 aliphatic carbocycles. The van der Waals surface area contributed by atoms with Crippen molar-refractivity contribution in [2.45, 2.75) is 25.7 Å². The van der Waals surface area contributed by atoms with Gasteiger partial charge < -0.3 is 20.5 Å². The van der Waals surface area contributed by atoms with Crippen molar-refractivity contribution in [1.29, 1.82) is 0 Å². The molecule has 1 fully saturated rings. The molecule has 1 aliphatic rings. The molecular formula is C15H22N2O3. The zero-order valence-electron chi connectivity index (χ0n) is 11.7. The van der Waals surface area contributed by atoms with E-state index in [9.17, 15) is 9.90 Å². The van der Waals surface area contributed by atoms with Gasteiger partial charge in [0.25, 0.3) is 0 Å². The first kappa shape index (κ1) is 15.0. The van der Waals surface area contributed by atoms with E-state index in [1.165, 1.54) is 0 Å². The second-order valence-electron chi connectivity index (χ2n) is 5.17. The van der Waals surface area contributed by atoms with Gasteiger partial charge in [-0.3, -0.25) is 4.79 Å². The lowest BCUT2D eigenvalue weighted by Crippen LogP contribution is -2.39. The van der Waals surface area contributed by atoms with Crippen molar-refractivity contribution >= 4 is 5.91 Å². The van der Waals surface area contributed by atoms with Crippen molar-refractivity contribution in [3.8, 4) is 0 Å². The Balaban J connectivity index is 1.69. The molecule has 0 radical (unpaired) electrons. The number of aliphatic hydroxyl groups is 1. The molecule has 110 valence electrons. The third-order valence-electron chi connectivity index (χ3n) is 3.55. The van der Waals surface area contributed by atoms with Crippen LogP contribution in [0.4, 0.5) is 0 Å². The highest BCUT2D eigenvalue weighted by atomic mass is 16.5. The molecule has 2 rings (SSSR count). The van der Waals surface area contributed by atoms with Crippen molar-refractivity contribution < 1.29 is 14.6 Å². The number of hydrogen-bond donors (Lipinski definition) is 3. The first-order valence-corrected chi connectivity index (χ1v) is 6.99. The fourth-order valence-electron chi connectivity index (χ4n) is 2.17. The highest BCUT2D eigenvalue weighted by Crippen LogP contribution is 2.08. The summed E-state index contributed by atoms with van der Waals surface area (Å²) in [5.74, 6) is -0.0553. The van der Waals surface area contributed by atoms with E-state index in [4.69, 9.17) is 4.74 Å². The van der Waals surface area contributed by atoms with Crippen LogP contribution < -0.4 is 10.6 Å². The Morgan fingerprint density at radius 3 is 2.85 bits per heavy atom. The summed E-state index contributed by atoms with van der Waals surface area (Å²) in [6.07, 6.45) is -0.877. The lowest BCUT2D eigenvalue weighted by Gasteiger charge is -2.17. The second-order valence-corrected chi connectivity index (χ2v) is 5.17. The van der Waals surface area contributed by atoms with Crippen LogP contribution in [0.1, 0.15) is 12.5 Å². The van der Waals surface area contributed by atoms with Gasteiger partial charge in [0.1, 0.15) is 6.10 Å². The number of benzene rings is 1. The molecular weight excluding hydrogens is 256 g/mol. The van der Waals surface area contributed by atoms with Crippen LogP contribution >= 0.6 is 0 Å². The van der Waals surface area contributed by atoms with E-state index in [1.54, 1.807) is 6.92 Å². The summed E-state index contributed by atoms with van der Waals surface area (Å²) >= 11 is 0. The molecule has 3 atom stereocenters. The molecule has 5 heteroatoms. The van der Waals surface area contributed by atoms with Gasteiger partial charge in [-0.1, -0.05) is 30.3 Å². The quantitative estimate of drug-likeness (QED) is 0.699. The van der Waals surface area contributed by atoms with Crippen molar-refractivity contribution in [2.75, 3.05) is 19.6 Å². The average molecular weight is 278 g/mol. The van der Waals surface area contributed by atoms with Crippen molar-refractivity contribution in [3.63, 3.8) is 0 Å². The van der Waals surface area contributed by atoms with E-state index in [-0.39, 0.29) is 17.9 Å². The summed E-state index contributed by atoms with van der Waals surface area (Å²) in [4.78, 5) is 11.9. The Hall–Kier alpha value is -1.43. The van der Waals surface area contributed by atoms with Gasteiger partial charge >= 0.3 is 0 Å². The topological polar surface area (TPSA) is 70.6 Å². The zero-order chi connectivity index (χ0) is 14.4. The van der Waals surface area contributed by atoms with Crippen LogP contribution in [0.2, 0.25) is 0 Å². The minimum absolute atomic E-state index is 0.0836. The lowest BCUT2D eigenvalue weighted by atomic mass is 10.1. The molecule has 20 heavy (non-hydrogen) atoms. The normalized spacial score (nSPS) is 23.5. The third-order valence-corrected chi connectivity index (χ3v) is 3.55. The van der Waals surface area contributed by atoms with Gasteiger partial charge in [-0.2, -0.15) is 0 Å². The summed E-state index contributed by atoms with van der Waals surface area (Å²) in [5, 5.41) is 15.6. The molecule has 3 N–H and O–H groups in total. The van der Waals surface area contributed by atoms with E-state index in [1.807, 2.05) is 30.3 Å². The third kappa shape index (κ3) is 4.30. The Morgan fingerprint density at radius 2 is 2.20 bits per heavy atom. The molecule has 1 aromatic rings. The van der Waals surface area contributed by atoms with Crippen molar-refractivity contribution in [3.05, 3.63) is 35.9 Å². The number of carbonyl (C=O) groups excluding carboxylic acids is 1. The maximum absolute atomic E-state index is 11.9. The van der Waals surface area contributed by atoms with Gasteiger partial charge in [0, 0.05) is 25.6 Å². The predicted octanol–water partition coefficient (Wildman–Crippen LogP) is 0.288. The molecule has 1 heterocycles. The van der Waals surface area contributed by atoms with Crippen LogP contribution in [0.5, 0.6) is 0 Å². The SMILES string of the molecule is CC(OCc1ccccc1)C(=O)NCC1CNCC1O. The van der Waals surface area contributed by atoms with Gasteiger partial charge in [-0.05, 0) is 12.5 Å². The van der Waals surface area contributed by atoms with Crippen molar-refractivity contribution in [2.24, 2.45) is 5.92 Å². The molecule has 3 unspecified atom stereocenters. The average Bonchev–Trinajstić information content (AvgIpc) is 2.88. The van der Waals surface area contributed by atoms with Gasteiger partial charge in [-0.25, -0.2) is 0 Å². The van der Waals surface area contributed by atoms with Gasteiger partial charge in [0.05, 0.1) is 12.7 Å². The minimum Gasteiger partial charge on any atom is -0.391 e. The molecule has 1 aromatic carbocycles. The van der Waals surface area contributed by atoms with E-state index in [0.717, 1.165) is 12.1 Å². The summed E-state index contributed by atoms with van der Waals surface area (Å²) in [5.41, 5.74) is 1.04. The zero-order valence-corrected chi connectivity index (χ0v) is 11.7. The van der Waals surface area contributed by atoms with Crippen LogP contribution in [-0.2, 0) is 16.1 Å². The van der Waals surface area contributed by atoms with Gasteiger partial charge in [-0.15, -0.1) is 0 Å². The van der Waals surface area contributed by atoms with E-state index in [0.29, 0.717) is 19.7 Å². The molecule has 0 bridgehead atoms. The Kier molecular flexibility index (Phi) is 5.52. The number of nitrogens with one attached hydrogen (secondary N) is 2. The molecule has 1 saturated heterocycles. The number of β-amino-alcohol motifs (C(OH)–C–C–N with tert-alkyl or cyclic N) is 1. The van der Waals surface area contributed by atoms with E-state index in [2.05, 4.69) is 10.6 Å². The number of aliphatic hydroxyl groups excluding tert-OH is 1. The molecule has 0 aromatic heterocycles. The van der Waals surface area contributed by atoms with E-state index >= 15 is 0 Å². The fraction of sp³-hybridized carbons (Fsp3) is 0.533. The number of carbonyl (C=O) groups is 1. The standard InChI is InChI=1S/C15H22N2O3/c1-11(20-10-12-5-3-2-4-6-12)15(19)17-8-13-7-16-9-14(13)18/h2-6,11,13-14,16,18H,7-10H2,1H3,(H,17,19). The second kappa shape index (κ2) is 7.38. The highest BCUT2D eigenvalue weighted by Gasteiger charge is 2.25. The fourth-order valence-corrected chi connectivity index (χ4v) is 2.17. The largest absolute Gasteiger partial charge is 0.391 e. The smallest absolute Gasteiger partial charge is 0.248 e. The predicted molar refractivity (Wildman–Crippen MR) is 76.1 cm³/mol. The van der Waals surface area contributed by atoms with Crippen LogP contribution in [0.25, 0.3) is 0 Å². The van der Waals surface area contributed by atoms with Crippen molar-refractivity contribution in [1.82, 2.24) is 10.6 Å². The van der Waals surface area contributed by atoms with Crippen LogP contribution in [0.3, 0.4) is 0 Å². The van der Waals surface area contributed by atoms with Crippen LogP contribution in [0, 0.1) is 5.92 Å². The van der Waals surface area contributed by atoms with E-state index < -0.39 is 6.10 Å². The summed E-state index contributed by atoms with van der Waals surface area (Å²) in [6, 6.07) is 9.76. The summed E-state index contributed by atoms with van der Waals surface area (Å²) in [6.45, 7) is 3.97.